The molecule has 1 N–H and O–H groups in total. The number of anilines is 1. The highest BCUT2D eigenvalue weighted by Gasteiger charge is 2.21. The number of fused-ring (bicyclic) bond motifs is 1. The monoisotopic (exact) mass is 349 g/mol. The number of nitrogens with zero attached hydrogens (tertiary/aromatic N) is 2. The van der Waals surface area contributed by atoms with Crippen LogP contribution in [0.2, 0.25) is 0 Å². The molecule has 0 atom stereocenters. The number of amides is 1. The summed E-state index contributed by atoms with van der Waals surface area (Å²) in [6.07, 6.45) is 8.82. The Kier molecular flexibility index (Phi) is 4.82. The molecule has 4 nitrogen and oxygen atoms in total. The number of thiazole rings is 2. The maximum atomic E-state index is 12.4. The van der Waals surface area contributed by atoms with E-state index in [1.807, 2.05) is 0 Å². The van der Waals surface area contributed by atoms with Gasteiger partial charge in [0.1, 0.15) is 4.88 Å². The van der Waals surface area contributed by atoms with E-state index in [1.54, 1.807) is 17.5 Å². The number of hydrogen-bond donors (Lipinski definition) is 1. The van der Waals surface area contributed by atoms with Crippen molar-refractivity contribution in [2.24, 2.45) is 0 Å². The first-order valence-electron chi connectivity index (χ1n) is 8.20. The van der Waals surface area contributed by atoms with Gasteiger partial charge in [0.25, 0.3) is 5.91 Å². The summed E-state index contributed by atoms with van der Waals surface area (Å²) in [4.78, 5) is 23.5. The normalized spacial score (nSPS) is 15.6. The molecule has 23 heavy (non-hydrogen) atoms. The number of aromatic nitrogens is 2. The van der Waals surface area contributed by atoms with Crippen LogP contribution in [0.4, 0.5) is 5.13 Å². The summed E-state index contributed by atoms with van der Waals surface area (Å²) in [6.45, 7) is 6.32. The molecule has 2 aromatic rings. The van der Waals surface area contributed by atoms with E-state index >= 15 is 0 Å². The summed E-state index contributed by atoms with van der Waals surface area (Å²) in [7, 11) is 0. The Labute approximate surface area is 145 Å². The minimum atomic E-state index is -0.0975. The molecule has 0 fully saturated rings. The van der Waals surface area contributed by atoms with E-state index in [9.17, 15) is 4.79 Å². The lowest BCUT2D eigenvalue weighted by Crippen LogP contribution is -2.11. The molecule has 0 spiro atoms. The van der Waals surface area contributed by atoms with Crippen LogP contribution in [-0.2, 0) is 18.3 Å². The van der Waals surface area contributed by atoms with Gasteiger partial charge in [-0.05, 0) is 25.7 Å². The van der Waals surface area contributed by atoms with E-state index in [0.29, 0.717) is 4.88 Å². The first-order valence-corrected chi connectivity index (χ1v) is 9.83. The Morgan fingerprint density at radius 2 is 1.87 bits per heavy atom. The zero-order valence-electron chi connectivity index (χ0n) is 13.9. The molecule has 0 unspecified atom stereocenters. The molecule has 0 bridgehead atoms. The summed E-state index contributed by atoms with van der Waals surface area (Å²) in [5.41, 5.74) is 1.16. The molecule has 1 aliphatic rings. The van der Waals surface area contributed by atoms with E-state index in [1.165, 1.54) is 47.6 Å². The van der Waals surface area contributed by atoms with Crippen molar-refractivity contribution in [2.75, 3.05) is 5.32 Å². The highest BCUT2D eigenvalue weighted by molar-refractivity contribution is 7.16. The van der Waals surface area contributed by atoms with Gasteiger partial charge in [0.15, 0.2) is 5.13 Å². The van der Waals surface area contributed by atoms with Crippen molar-refractivity contribution in [3.05, 3.63) is 26.7 Å². The van der Waals surface area contributed by atoms with Crippen molar-refractivity contribution >= 4 is 33.7 Å². The average molecular weight is 350 g/mol. The number of carbonyl (C=O) groups is 1. The summed E-state index contributed by atoms with van der Waals surface area (Å²) < 4.78 is 0. The molecular formula is C17H23N3OS2. The highest BCUT2D eigenvalue weighted by atomic mass is 32.1. The highest BCUT2D eigenvalue weighted by Crippen LogP contribution is 2.30. The minimum absolute atomic E-state index is 0.0278. The van der Waals surface area contributed by atoms with Crippen molar-refractivity contribution < 1.29 is 4.79 Å². The van der Waals surface area contributed by atoms with Crippen LogP contribution in [0, 0.1) is 0 Å². The fourth-order valence-corrected chi connectivity index (χ4v) is 4.56. The summed E-state index contributed by atoms with van der Waals surface area (Å²) >= 11 is 3.10. The minimum Gasteiger partial charge on any atom is -0.297 e. The van der Waals surface area contributed by atoms with Gasteiger partial charge >= 0.3 is 0 Å². The molecule has 0 saturated heterocycles. The first kappa shape index (κ1) is 16.6. The molecule has 0 aromatic carbocycles. The van der Waals surface area contributed by atoms with Crippen LogP contribution in [-0.4, -0.2) is 15.9 Å². The number of nitrogens with one attached hydrogen (secondary N) is 1. The first-order chi connectivity index (χ1) is 10.9. The molecule has 6 heteroatoms. The largest absolute Gasteiger partial charge is 0.297 e. The summed E-state index contributed by atoms with van der Waals surface area (Å²) in [5, 5.41) is 4.67. The fraction of sp³-hybridized carbons (Fsp3) is 0.588. The molecule has 0 saturated carbocycles. The Balaban J connectivity index is 1.73. The quantitative estimate of drug-likeness (QED) is 0.846. The molecule has 1 amide bonds. The average Bonchev–Trinajstić information content (AvgIpc) is 3.06. The predicted octanol–water partition coefficient (Wildman–Crippen LogP) is 4.81. The Morgan fingerprint density at radius 1 is 1.13 bits per heavy atom. The van der Waals surface area contributed by atoms with Crippen LogP contribution >= 0.6 is 22.7 Å². The lowest BCUT2D eigenvalue weighted by atomic mass is 9.98. The maximum Gasteiger partial charge on any atom is 0.269 e. The molecular weight excluding hydrogens is 326 g/mol. The zero-order chi connectivity index (χ0) is 16.4. The third-order valence-electron chi connectivity index (χ3n) is 3.94. The van der Waals surface area contributed by atoms with E-state index in [-0.39, 0.29) is 11.3 Å². The fourth-order valence-electron chi connectivity index (χ4n) is 2.64. The van der Waals surface area contributed by atoms with Gasteiger partial charge in [0.05, 0.1) is 16.9 Å². The number of rotatable bonds is 2. The second-order valence-electron chi connectivity index (χ2n) is 7.04. The molecule has 0 radical (unpaired) electrons. The van der Waals surface area contributed by atoms with Gasteiger partial charge in [0, 0.05) is 10.3 Å². The number of carbonyl (C=O) groups excluding carboxylic acids is 1. The maximum absolute atomic E-state index is 12.4. The Hall–Kier alpha value is -1.27. The van der Waals surface area contributed by atoms with Gasteiger partial charge in [-0.3, -0.25) is 10.1 Å². The van der Waals surface area contributed by atoms with Crippen molar-refractivity contribution in [1.29, 1.82) is 0 Å². The van der Waals surface area contributed by atoms with Crippen molar-refractivity contribution in [2.45, 2.75) is 64.7 Å². The van der Waals surface area contributed by atoms with Crippen LogP contribution in [0.25, 0.3) is 0 Å². The van der Waals surface area contributed by atoms with Gasteiger partial charge in [0.2, 0.25) is 0 Å². The third kappa shape index (κ3) is 3.98. The lowest BCUT2D eigenvalue weighted by Gasteiger charge is -2.13. The van der Waals surface area contributed by atoms with Gasteiger partial charge in [-0.15, -0.1) is 22.7 Å². The van der Waals surface area contributed by atoms with Crippen LogP contribution in [0.15, 0.2) is 6.20 Å². The molecule has 3 rings (SSSR count). The Morgan fingerprint density at radius 3 is 2.57 bits per heavy atom. The van der Waals surface area contributed by atoms with E-state index in [0.717, 1.165) is 23.0 Å². The van der Waals surface area contributed by atoms with Crippen molar-refractivity contribution in [1.82, 2.24) is 9.97 Å². The second kappa shape index (κ2) is 6.69. The lowest BCUT2D eigenvalue weighted by molar-refractivity contribution is 0.103. The zero-order valence-corrected chi connectivity index (χ0v) is 15.6. The second-order valence-corrected chi connectivity index (χ2v) is 9.15. The summed E-state index contributed by atoms with van der Waals surface area (Å²) in [5.74, 6) is -0.0975. The van der Waals surface area contributed by atoms with E-state index in [4.69, 9.17) is 0 Å². The van der Waals surface area contributed by atoms with Gasteiger partial charge in [-0.25, -0.2) is 9.97 Å². The predicted molar refractivity (Wildman–Crippen MR) is 96.8 cm³/mol. The van der Waals surface area contributed by atoms with Gasteiger partial charge in [-0.1, -0.05) is 33.6 Å². The molecule has 2 aromatic heterocycles. The van der Waals surface area contributed by atoms with Gasteiger partial charge < -0.3 is 0 Å². The topological polar surface area (TPSA) is 54.9 Å². The summed E-state index contributed by atoms with van der Waals surface area (Å²) in [6, 6.07) is 0. The van der Waals surface area contributed by atoms with Crippen LogP contribution in [0.5, 0.6) is 0 Å². The van der Waals surface area contributed by atoms with Gasteiger partial charge in [-0.2, -0.15) is 0 Å². The molecule has 0 aliphatic heterocycles. The van der Waals surface area contributed by atoms with Crippen molar-refractivity contribution in [3.63, 3.8) is 0 Å². The van der Waals surface area contributed by atoms with Crippen LogP contribution in [0.3, 0.4) is 0 Å². The van der Waals surface area contributed by atoms with Crippen molar-refractivity contribution in [3.8, 4) is 0 Å². The smallest absolute Gasteiger partial charge is 0.269 e. The third-order valence-corrected chi connectivity index (χ3v) is 6.43. The number of aryl methyl sites for hydroxylation is 2. The molecule has 2 heterocycles. The number of hydrogen-bond acceptors (Lipinski definition) is 5. The molecule has 124 valence electrons. The molecule has 1 aliphatic carbocycles. The SMILES string of the molecule is CC(C)(C)c1ncc(C(=O)Nc2nc3c(s2)CCCCCC3)s1. The van der Waals surface area contributed by atoms with Crippen LogP contribution < -0.4 is 5.32 Å². The van der Waals surface area contributed by atoms with E-state index < -0.39 is 0 Å². The van der Waals surface area contributed by atoms with Crippen LogP contribution in [0.1, 0.15) is 71.7 Å². The Bertz CT molecular complexity index is 672. The standard InChI is InChI=1S/C17H23N3OS2/c1-17(2,3)15-18-10-13(22-15)14(21)20-16-19-11-8-6-4-5-7-9-12(11)23-16/h10H,4-9H2,1-3H3,(H,19,20,21). The van der Waals surface area contributed by atoms with E-state index in [2.05, 4.69) is 36.1 Å².